The highest BCUT2D eigenvalue weighted by Crippen LogP contribution is 2.25. The maximum absolute atomic E-state index is 13.5. The van der Waals surface area contributed by atoms with Gasteiger partial charge in [-0.25, -0.2) is 12.8 Å². The van der Waals surface area contributed by atoms with Gasteiger partial charge in [-0.3, -0.25) is 4.72 Å². The molecular weight excluding hydrogens is 323 g/mol. The summed E-state index contributed by atoms with van der Waals surface area (Å²) in [5.74, 6) is -0.692. The van der Waals surface area contributed by atoms with E-state index in [-0.39, 0.29) is 11.4 Å². The van der Waals surface area contributed by atoms with Crippen LogP contribution in [0.3, 0.4) is 0 Å². The van der Waals surface area contributed by atoms with Crippen molar-refractivity contribution in [3.63, 3.8) is 0 Å². The van der Waals surface area contributed by atoms with Crippen LogP contribution >= 0.6 is 15.9 Å². The standard InChI is InChI=1S/C11H16BrFN2O2S/c1-2-6-14-7-8-18(16,17)15-11-9(12)4-3-5-10(11)13/h3-5,14-15H,2,6-8H2,1H3. The molecule has 1 aromatic carbocycles. The van der Waals surface area contributed by atoms with E-state index in [0.29, 0.717) is 11.0 Å². The molecule has 0 aromatic heterocycles. The number of halogens is 2. The molecule has 0 aliphatic heterocycles. The Morgan fingerprint density at radius 1 is 1.33 bits per heavy atom. The van der Waals surface area contributed by atoms with E-state index in [4.69, 9.17) is 0 Å². The molecule has 18 heavy (non-hydrogen) atoms. The summed E-state index contributed by atoms with van der Waals surface area (Å²) in [6, 6.07) is 4.29. The minimum atomic E-state index is -3.54. The molecule has 7 heteroatoms. The summed E-state index contributed by atoms with van der Waals surface area (Å²) < 4.78 is 39.5. The van der Waals surface area contributed by atoms with Crippen molar-refractivity contribution in [3.8, 4) is 0 Å². The van der Waals surface area contributed by atoms with Gasteiger partial charge in [0.25, 0.3) is 0 Å². The van der Waals surface area contributed by atoms with E-state index in [0.717, 1.165) is 13.0 Å². The van der Waals surface area contributed by atoms with E-state index in [1.54, 1.807) is 6.07 Å². The van der Waals surface area contributed by atoms with E-state index >= 15 is 0 Å². The van der Waals surface area contributed by atoms with Crippen LogP contribution in [0.2, 0.25) is 0 Å². The second-order valence-corrected chi connectivity index (χ2v) is 6.46. The van der Waals surface area contributed by atoms with E-state index in [9.17, 15) is 12.8 Å². The fourth-order valence-corrected chi connectivity index (χ4v) is 2.92. The molecule has 0 saturated carbocycles. The van der Waals surface area contributed by atoms with Crippen LogP contribution in [-0.2, 0) is 10.0 Å². The lowest BCUT2D eigenvalue weighted by Gasteiger charge is -2.10. The van der Waals surface area contributed by atoms with Crippen molar-refractivity contribution >= 4 is 31.6 Å². The average molecular weight is 339 g/mol. The molecule has 4 nitrogen and oxygen atoms in total. The Hall–Kier alpha value is -0.660. The van der Waals surface area contributed by atoms with Gasteiger partial charge >= 0.3 is 0 Å². The number of anilines is 1. The second kappa shape index (κ2) is 7.06. The molecule has 0 bridgehead atoms. The first-order valence-corrected chi connectivity index (χ1v) is 8.06. The highest BCUT2D eigenvalue weighted by atomic mass is 79.9. The Kier molecular flexibility index (Phi) is 6.04. The maximum atomic E-state index is 13.5. The van der Waals surface area contributed by atoms with Gasteiger partial charge < -0.3 is 5.32 Å². The maximum Gasteiger partial charge on any atom is 0.234 e. The summed E-state index contributed by atoms with van der Waals surface area (Å²) >= 11 is 3.11. The van der Waals surface area contributed by atoms with Crippen molar-refractivity contribution in [1.29, 1.82) is 0 Å². The molecule has 1 rings (SSSR count). The zero-order chi connectivity index (χ0) is 13.6. The number of hydrogen-bond acceptors (Lipinski definition) is 3. The Bertz CT molecular complexity index is 474. The number of nitrogens with one attached hydrogen (secondary N) is 2. The predicted octanol–water partition coefficient (Wildman–Crippen LogP) is 2.33. The second-order valence-electron chi connectivity index (χ2n) is 3.77. The SMILES string of the molecule is CCCNCCS(=O)(=O)Nc1c(F)cccc1Br. The number of benzene rings is 1. The largest absolute Gasteiger partial charge is 0.316 e. The third kappa shape index (κ3) is 4.91. The van der Waals surface area contributed by atoms with Gasteiger partial charge in [-0.15, -0.1) is 0 Å². The van der Waals surface area contributed by atoms with Crippen LogP contribution in [0.15, 0.2) is 22.7 Å². The molecule has 2 N–H and O–H groups in total. The Morgan fingerprint density at radius 3 is 2.67 bits per heavy atom. The van der Waals surface area contributed by atoms with E-state index in [2.05, 4.69) is 26.0 Å². The number of para-hydroxylation sites is 1. The minimum Gasteiger partial charge on any atom is -0.316 e. The molecular formula is C11H16BrFN2O2S. The fraction of sp³-hybridized carbons (Fsp3) is 0.455. The molecule has 0 amide bonds. The van der Waals surface area contributed by atoms with Crippen LogP contribution < -0.4 is 10.0 Å². The molecule has 0 fully saturated rings. The van der Waals surface area contributed by atoms with Crippen molar-refractivity contribution in [1.82, 2.24) is 5.32 Å². The van der Waals surface area contributed by atoms with Crippen molar-refractivity contribution in [2.24, 2.45) is 0 Å². The van der Waals surface area contributed by atoms with E-state index in [1.807, 2.05) is 6.92 Å². The lowest BCUT2D eigenvalue weighted by atomic mass is 10.3. The third-order valence-electron chi connectivity index (χ3n) is 2.19. The molecule has 102 valence electrons. The summed E-state index contributed by atoms with van der Waals surface area (Å²) in [6.07, 6.45) is 0.937. The van der Waals surface area contributed by atoms with Gasteiger partial charge in [-0.2, -0.15) is 0 Å². The fourth-order valence-electron chi connectivity index (χ4n) is 1.31. The van der Waals surface area contributed by atoms with Crippen LogP contribution in [-0.4, -0.2) is 27.3 Å². The lowest BCUT2D eigenvalue weighted by Crippen LogP contribution is -2.27. The molecule has 0 atom stereocenters. The van der Waals surface area contributed by atoms with Gasteiger partial charge in [0.2, 0.25) is 10.0 Å². The topological polar surface area (TPSA) is 58.2 Å². The normalized spacial score (nSPS) is 11.5. The van der Waals surface area contributed by atoms with Crippen molar-refractivity contribution < 1.29 is 12.8 Å². The van der Waals surface area contributed by atoms with Gasteiger partial charge in [0.1, 0.15) is 5.82 Å². The van der Waals surface area contributed by atoms with E-state index in [1.165, 1.54) is 12.1 Å². The molecule has 0 aliphatic carbocycles. The quantitative estimate of drug-likeness (QED) is 0.750. The molecule has 0 aliphatic rings. The molecule has 0 heterocycles. The summed E-state index contributed by atoms with van der Waals surface area (Å²) in [4.78, 5) is 0. The van der Waals surface area contributed by atoms with Crippen LogP contribution in [0.4, 0.5) is 10.1 Å². The lowest BCUT2D eigenvalue weighted by molar-refractivity contribution is 0.593. The first-order valence-electron chi connectivity index (χ1n) is 5.61. The predicted molar refractivity (Wildman–Crippen MR) is 74.7 cm³/mol. The summed E-state index contributed by atoms with van der Waals surface area (Å²) in [5.41, 5.74) is -0.0482. The van der Waals surface area contributed by atoms with Gasteiger partial charge in [-0.05, 0) is 41.0 Å². The van der Waals surface area contributed by atoms with Crippen molar-refractivity contribution in [2.45, 2.75) is 13.3 Å². The third-order valence-corrected chi connectivity index (χ3v) is 4.11. The molecule has 1 aromatic rings. The molecule has 0 saturated heterocycles. The highest BCUT2D eigenvalue weighted by Gasteiger charge is 2.15. The van der Waals surface area contributed by atoms with Gasteiger partial charge in [0.05, 0.1) is 11.4 Å². The number of hydrogen-bond donors (Lipinski definition) is 2. The van der Waals surface area contributed by atoms with Gasteiger partial charge in [0, 0.05) is 11.0 Å². The van der Waals surface area contributed by atoms with Crippen molar-refractivity contribution in [2.75, 3.05) is 23.6 Å². The number of rotatable bonds is 7. The summed E-state index contributed by atoms with van der Waals surface area (Å²) in [6.45, 7) is 3.10. The average Bonchev–Trinajstić information content (AvgIpc) is 2.30. The van der Waals surface area contributed by atoms with Gasteiger partial charge in [-0.1, -0.05) is 13.0 Å². The minimum absolute atomic E-state index is 0.0482. The van der Waals surface area contributed by atoms with Gasteiger partial charge in [0.15, 0.2) is 0 Å². The Labute approximate surface area is 115 Å². The zero-order valence-electron chi connectivity index (χ0n) is 10.0. The Balaban J connectivity index is 2.65. The first kappa shape index (κ1) is 15.4. The monoisotopic (exact) mass is 338 g/mol. The number of sulfonamides is 1. The molecule has 0 spiro atoms. The Morgan fingerprint density at radius 2 is 2.06 bits per heavy atom. The highest BCUT2D eigenvalue weighted by molar-refractivity contribution is 9.10. The van der Waals surface area contributed by atoms with Crippen LogP contribution in [0, 0.1) is 5.82 Å². The molecule has 0 unspecified atom stereocenters. The smallest absolute Gasteiger partial charge is 0.234 e. The summed E-state index contributed by atoms with van der Waals surface area (Å²) in [5, 5.41) is 2.98. The van der Waals surface area contributed by atoms with Crippen LogP contribution in [0.25, 0.3) is 0 Å². The first-order chi connectivity index (χ1) is 8.46. The van der Waals surface area contributed by atoms with Crippen molar-refractivity contribution in [3.05, 3.63) is 28.5 Å². The summed E-state index contributed by atoms with van der Waals surface area (Å²) in [7, 11) is -3.54. The molecule has 0 radical (unpaired) electrons. The van der Waals surface area contributed by atoms with Crippen LogP contribution in [0.1, 0.15) is 13.3 Å². The van der Waals surface area contributed by atoms with E-state index < -0.39 is 15.8 Å². The zero-order valence-corrected chi connectivity index (χ0v) is 12.4. The van der Waals surface area contributed by atoms with Crippen LogP contribution in [0.5, 0.6) is 0 Å².